The van der Waals surface area contributed by atoms with E-state index in [4.69, 9.17) is 24.5 Å². The molecule has 3 atom stereocenters. The van der Waals surface area contributed by atoms with Gasteiger partial charge in [-0.05, 0) is 61.4 Å². The predicted molar refractivity (Wildman–Crippen MR) is 115 cm³/mol. The number of carbonyl (C=O) groups is 2. The molecule has 1 aliphatic heterocycles. The molecule has 0 amide bonds. The third-order valence-electron chi connectivity index (χ3n) is 6.00. The van der Waals surface area contributed by atoms with Gasteiger partial charge in [0.2, 0.25) is 0 Å². The van der Waals surface area contributed by atoms with Crippen LogP contribution in [0.15, 0.2) is 48.5 Å². The summed E-state index contributed by atoms with van der Waals surface area (Å²) in [7, 11) is 0. The van der Waals surface area contributed by atoms with Gasteiger partial charge in [-0.2, -0.15) is 0 Å². The maximum Gasteiger partial charge on any atom is 0.414 e. The topological polar surface area (TPSA) is 107 Å². The van der Waals surface area contributed by atoms with Crippen LogP contribution in [0.2, 0.25) is 0 Å². The van der Waals surface area contributed by atoms with Crippen molar-refractivity contribution < 1.29 is 29.6 Å². The summed E-state index contributed by atoms with van der Waals surface area (Å²) < 4.78 is 6.07. The summed E-state index contributed by atoms with van der Waals surface area (Å²) in [5.41, 5.74) is 3.73. The average Bonchev–Trinajstić information content (AvgIpc) is 3.14. The number of benzene rings is 2. The summed E-state index contributed by atoms with van der Waals surface area (Å²) in [5, 5.41) is 25.0. The number of ether oxygens (including phenoxy) is 1. The normalized spacial score (nSPS) is 20.7. The van der Waals surface area contributed by atoms with Crippen molar-refractivity contribution in [3.63, 3.8) is 0 Å². The number of hydrogen-bond acceptors (Lipinski definition) is 5. The minimum atomic E-state index is -1.82. The summed E-state index contributed by atoms with van der Waals surface area (Å²) in [6.07, 6.45) is 3.54. The molecule has 0 radical (unpaired) electrons. The average molecular weight is 427 g/mol. The highest BCUT2D eigenvalue weighted by Crippen LogP contribution is 2.38. The second-order valence-electron chi connectivity index (χ2n) is 8.15. The number of likely N-dealkylation sites (tertiary alicyclic amines) is 1. The number of hydrogen-bond donors (Lipinski definition) is 3. The Bertz CT molecular complexity index is 888. The van der Waals surface area contributed by atoms with Gasteiger partial charge in [-0.1, -0.05) is 42.5 Å². The molecule has 31 heavy (non-hydrogen) atoms. The van der Waals surface area contributed by atoms with Crippen LogP contribution in [-0.4, -0.2) is 57.4 Å². The molecule has 3 N–H and O–H groups in total. The zero-order valence-electron chi connectivity index (χ0n) is 17.6. The minimum Gasteiger partial charge on any atom is -0.508 e. The Hall–Kier alpha value is -2.90. The van der Waals surface area contributed by atoms with E-state index >= 15 is 0 Å². The van der Waals surface area contributed by atoms with Gasteiger partial charge < -0.3 is 20.1 Å². The molecule has 7 nitrogen and oxygen atoms in total. The monoisotopic (exact) mass is 427 g/mol. The van der Waals surface area contributed by atoms with E-state index in [1.165, 1.54) is 17.5 Å². The molecule has 0 spiro atoms. The largest absolute Gasteiger partial charge is 0.508 e. The van der Waals surface area contributed by atoms with Gasteiger partial charge in [0.05, 0.1) is 12.7 Å². The van der Waals surface area contributed by atoms with Crippen molar-refractivity contribution in [2.24, 2.45) is 5.92 Å². The molecular weight excluding hydrogens is 398 g/mol. The number of phenolic OH excluding ortho intramolecular Hbond substituents is 1. The second-order valence-corrected chi connectivity index (χ2v) is 8.15. The fourth-order valence-corrected chi connectivity index (χ4v) is 4.48. The van der Waals surface area contributed by atoms with Crippen molar-refractivity contribution in [3.8, 4) is 5.75 Å². The molecule has 166 valence electrons. The molecule has 0 saturated carbocycles. The van der Waals surface area contributed by atoms with Crippen molar-refractivity contribution in [1.29, 1.82) is 0 Å². The van der Waals surface area contributed by atoms with Crippen LogP contribution in [0, 0.1) is 5.92 Å². The Kier molecular flexibility index (Phi) is 7.65. The van der Waals surface area contributed by atoms with Gasteiger partial charge >= 0.3 is 11.9 Å². The molecule has 1 heterocycles. The van der Waals surface area contributed by atoms with Gasteiger partial charge in [-0.25, -0.2) is 9.59 Å². The van der Waals surface area contributed by atoms with Gasteiger partial charge in [-0.3, -0.25) is 4.90 Å². The first-order valence-electron chi connectivity index (χ1n) is 10.5. The summed E-state index contributed by atoms with van der Waals surface area (Å²) in [6, 6.07) is 16.9. The maximum atomic E-state index is 10.2. The zero-order chi connectivity index (χ0) is 22.4. The highest BCUT2D eigenvalue weighted by molar-refractivity contribution is 6.27. The fourth-order valence-electron chi connectivity index (χ4n) is 4.48. The van der Waals surface area contributed by atoms with Crippen LogP contribution in [0.25, 0.3) is 0 Å². The lowest BCUT2D eigenvalue weighted by Gasteiger charge is -2.34. The lowest BCUT2D eigenvalue weighted by molar-refractivity contribution is -0.159. The summed E-state index contributed by atoms with van der Waals surface area (Å²) in [6.45, 7) is 4.96. The maximum absolute atomic E-state index is 10.2. The third kappa shape index (κ3) is 6.06. The Morgan fingerprint density at radius 3 is 2.45 bits per heavy atom. The van der Waals surface area contributed by atoms with E-state index in [-0.39, 0.29) is 6.10 Å². The smallest absolute Gasteiger partial charge is 0.414 e. The molecule has 0 bridgehead atoms. The van der Waals surface area contributed by atoms with Crippen LogP contribution in [0.5, 0.6) is 5.75 Å². The first kappa shape index (κ1) is 22.8. The van der Waals surface area contributed by atoms with E-state index < -0.39 is 11.9 Å². The predicted octanol–water partition coefficient (Wildman–Crippen LogP) is 2.94. The van der Waals surface area contributed by atoms with E-state index in [0.717, 1.165) is 37.4 Å². The molecule has 1 aliphatic carbocycles. The lowest BCUT2D eigenvalue weighted by Crippen LogP contribution is -2.41. The van der Waals surface area contributed by atoms with Crippen LogP contribution >= 0.6 is 0 Å². The SMILES string of the molecule is C[C@@H](CN1CC[C@H]2Cc3cccc(O)c3C[C@@H]21)OCc1ccccc1.O=C(O)C(=O)O. The third-order valence-corrected chi connectivity index (χ3v) is 6.00. The first-order valence-corrected chi connectivity index (χ1v) is 10.5. The quantitative estimate of drug-likeness (QED) is 0.630. The number of aliphatic carboxylic acids is 2. The van der Waals surface area contributed by atoms with E-state index in [1.54, 1.807) is 0 Å². The number of fused-ring (bicyclic) bond motifs is 2. The summed E-state index contributed by atoms with van der Waals surface area (Å²) in [4.78, 5) is 20.8. The van der Waals surface area contributed by atoms with E-state index in [0.29, 0.717) is 18.4 Å². The van der Waals surface area contributed by atoms with Gasteiger partial charge in [0.25, 0.3) is 0 Å². The molecule has 2 aliphatic rings. The fraction of sp³-hybridized carbons (Fsp3) is 0.417. The van der Waals surface area contributed by atoms with Crippen molar-refractivity contribution in [3.05, 3.63) is 65.2 Å². The second kappa shape index (κ2) is 10.4. The zero-order valence-corrected chi connectivity index (χ0v) is 17.6. The molecule has 0 unspecified atom stereocenters. The van der Waals surface area contributed by atoms with Crippen molar-refractivity contribution in [2.75, 3.05) is 13.1 Å². The lowest BCUT2D eigenvalue weighted by atomic mass is 9.80. The summed E-state index contributed by atoms with van der Waals surface area (Å²) in [5.74, 6) is -2.46. The molecule has 2 aromatic rings. The Balaban J connectivity index is 0.000000401. The number of nitrogens with zero attached hydrogens (tertiary/aromatic N) is 1. The molecule has 0 aromatic heterocycles. The van der Waals surface area contributed by atoms with Crippen LogP contribution < -0.4 is 0 Å². The van der Waals surface area contributed by atoms with E-state index in [2.05, 4.69) is 42.2 Å². The van der Waals surface area contributed by atoms with Crippen LogP contribution in [0.3, 0.4) is 0 Å². The van der Waals surface area contributed by atoms with Crippen molar-refractivity contribution in [2.45, 2.75) is 44.9 Å². The standard InChI is InChI=1S/C22H27NO2.C2H2O4/c1-16(25-15-17-6-3-2-4-7-17)14-23-11-10-19-12-18-8-5-9-22(24)20(18)13-21(19)23;3-1(4)2(5)6/h2-9,16,19,21,24H,10-15H2,1H3;(H,3,4)(H,5,6)/t16-,19-,21-;/m0./s1. The molecule has 1 saturated heterocycles. The van der Waals surface area contributed by atoms with E-state index in [9.17, 15) is 5.11 Å². The van der Waals surface area contributed by atoms with Gasteiger partial charge in [0, 0.05) is 12.6 Å². The number of carboxylic acid groups (broad SMARTS) is 2. The molecule has 1 fully saturated rings. The van der Waals surface area contributed by atoms with Gasteiger partial charge in [-0.15, -0.1) is 0 Å². The van der Waals surface area contributed by atoms with Crippen LogP contribution in [-0.2, 0) is 33.8 Å². The molecule has 7 heteroatoms. The van der Waals surface area contributed by atoms with Gasteiger partial charge in [0.15, 0.2) is 0 Å². The van der Waals surface area contributed by atoms with Crippen LogP contribution in [0.1, 0.15) is 30.0 Å². The highest BCUT2D eigenvalue weighted by Gasteiger charge is 2.38. The molecular formula is C24H29NO6. The molecule has 2 aromatic carbocycles. The molecule has 4 rings (SSSR count). The Morgan fingerprint density at radius 1 is 1.06 bits per heavy atom. The van der Waals surface area contributed by atoms with E-state index in [1.807, 2.05) is 18.2 Å². The number of rotatable bonds is 5. The van der Waals surface area contributed by atoms with Gasteiger partial charge in [0.1, 0.15) is 5.75 Å². The Labute approximate surface area is 181 Å². The number of phenols is 1. The summed E-state index contributed by atoms with van der Waals surface area (Å²) >= 11 is 0. The first-order chi connectivity index (χ1) is 14.8. The van der Waals surface area contributed by atoms with Crippen molar-refractivity contribution in [1.82, 2.24) is 4.90 Å². The van der Waals surface area contributed by atoms with Crippen LogP contribution in [0.4, 0.5) is 0 Å². The number of aromatic hydroxyl groups is 1. The Morgan fingerprint density at radius 2 is 1.77 bits per heavy atom. The van der Waals surface area contributed by atoms with Crippen molar-refractivity contribution >= 4 is 11.9 Å². The minimum absolute atomic E-state index is 0.213. The number of carboxylic acids is 2. The highest BCUT2D eigenvalue weighted by atomic mass is 16.5.